The van der Waals surface area contributed by atoms with Crippen LogP contribution in [0.15, 0.2) is 40.4 Å². The molecule has 10 heteroatoms. The van der Waals surface area contributed by atoms with Gasteiger partial charge in [-0.3, -0.25) is 9.59 Å². The van der Waals surface area contributed by atoms with Crippen LogP contribution in [0.3, 0.4) is 0 Å². The molecule has 1 atom stereocenters. The molecule has 0 bridgehead atoms. The van der Waals surface area contributed by atoms with Gasteiger partial charge in [0.25, 0.3) is 11.7 Å². The molecule has 1 amide bonds. The van der Waals surface area contributed by atoms with Crippen molar-refractivity contribution in [3.8, 4) is 23.0 Å². The first-order valence-electron chi connectivity index (χ1n) is 10.6. The number of phenolic OH excluding ortho intramolecular Hbond substituents is 1. The second-order valence-electron chi connectivity index (χ2n) is 8.21. The number of hydrogen-bond donors (Lipinski definition) is 2. The number of rotatable bonds is 6. The number of ketones is 1. The number of carbonyl (C=O) groups excluding carboxylic acids is 2. The van der Waals surface area contributed by atoms with E-state index in [-0.39, 0.29) is 29.4 Å². The number of amides is 1. The van der Waals surface area contributed by atoms with Gasteiger partial charge in [-0.15, -0.1) is 0 Å². The van der Waals surface area contributed by atoms with E-state index in [2.05, 4.69) is 15.9 Å². The number of likely N-dealkylation sites (N-methyl/N-ethyl adjacent to an activating group) is 1. The summed E-state index contributed by atoms with van der Waals surface area (Å²) in [5.41, 5.74) is 0.767. The Morgan fingerprint density at radius 1 is 1.18 bits per heavy atom. The van der Waals surface area contributed by atoms with Gasteiger partial charge in [-0.25, -0.2) is 0 Å². The Balaban J connectivity index is 1.88. The lowest BCUT2D eigenvalue weighted by molar-refractivity contribution is -0.140. The summed E-state index contributed by atoms with van der Waals surface area (Å²) in [6.07, 6.45) is 0. The van der Waals surface area contributed by atoms with Crippen LogP contribution in [0.2, 0.25) is 0 Å². The van der Waals surface area contributed by atoms with Crippen LogP contribution < -0.4 is 14.2 Å². The Labute approximate surface area is 205 Å². The predicted octanol–water partition coefficient (Wildman–Crippen LogP) is 2.92. The summed E-state index contributed by atoms with van der Waals surface area (Å²) in [6, 6.07) is 7.12. The molecule has 0 spiro atoms. The molecule has 4 rings (SSSR count). The zero-order chi connectivity index (χ0) is 24.6. The maximum Gasteiger partial charge on any atom is 0.295 e. The van der Waals surface area contributed by atoms with Gasteiger partial charge in [-0.1, -0.05) is 0 Å². The van der Waals surface area contributed by atoms with Crippen LogP contribution in [-0.2, 0) is 9.59 Å². The van der Waals surface area contributed by atoms with Crippen molar-refractivity contribution in [2.45, 2.75) is 6.04 Å². The highest BCUT2D eigenvalue weighted by atomic mass is 79.9. The van der Waals surface area contributed by atoms with E-state index in [1.165, 1.54) is 12.0 Å². The van der Waals surface area contributed by atoms with Crippen LogP contribution in [0.25, 0.3) is 5.76 Å². The third-order valence-electron chi connectivity index (χ3n) is 5.73. The molecule has 0 aromatic heterocycles. The largest absolute Gasteiger partial charge is 0.507 e. The van der Waals surface area contributed by atoms with E-state index < -0.39 is 17.7 Å². The number of aliphatic hydroxyl groups excluding tert-OH is 1. The van der Waals surface area contributed by atoms with Gasteiger partial charge < -0.3 is 34.2 Å². The summed E-state index contributed by atoms with van der Waals surface area (Å²) < 4.78 is 16.7. The molecule has 2 aliphatic rings. The molecular weight excluding hydrogens is 508 g/mol. The van der Waals surface area contributed by atoms with Crippen LogP contribution in [0.1, 0.15) is 17.2 Å². The molecule has 0 aliphatic carbocycles. The van der Waals surface area contributed by atoms with Crippen LogP contribution in [0, 0.1) is 0 Å². The molecule has 1 saturated heterocycles. The summed E-state index contributed by atoms with van der Waals surface area (Å²) in [6.45, 7) is 1.55. The first-order chi connectivity index (χ1) is 16.2. The number of phenols is 1. The van der Waals surface area contributed by atoms with Crippen molar-refractivity contribution in [2.24, 2.45) is 0 Å². The Morgan fingerprint density at radius 2 is 1.88 bits per heavy atom. The number of hydrogen-bond acceptors (Lipinski definition) is 8. The number of fused-ring (bicyclic) bond motifs is 1. The van der Waals surface area contributed by atoms with Crippen LogP contribution >= 0.6 is 15.9 Å². The second kappa shape index (κ2) is 9.55. The fraction of sp³-hybridized carbons (Fsp3) is 0.333. The predicted molar refractivity (Wildman–Crippen MR) is 127 cm³/mol. The van der Waals surface area contributed by atoms with Gasteiger partial charge in [0.05, 0.1) is 23.2 Å². The number of halogens is 1. The molecule has 180 valence electrons. The van der Waals surface area contributed by atoms with E-state index in [1.807, 2.05) is 19.0 Å². The van der Waals surface area contributed by atoms with E-state index in [1.54, 1.807) is 30.3 Å². The number of carbonyl (C=O) groups is 2. The summed E-state index contributed by atoms with van der Waals surface area (Å²) in [4.78, 5) is 29.6. The number of nitrogens with zero attached hydrogens (tertiary/aromatic N) is 2. The molecule has 0 saturated carbocycles. The molecule has 9 nitrogen and oxygen atoms in total. The van der Waals surface area contributed by atoms with E-state index >= 15 is 0 Å². The fourth-order valence-electron chi connectivity index (χ4n) is 4.02. The van der Waals surface area contributed by atoms with Gasteiger partial charge >= 0.3 is 0 Å². The van der Waals surface area contributed by atoms with Crippen molar-refractivity contribution < 1.29 is 34.0 Å². The first kappa shape index (κ1) is 23.9. The van der Waals surface area contributed by atoms with Gasteiger partial charge in [0.1, 0.15) is 19.0 Å². The zero-order valence-electron chi connectivity index (χ0n) is 19.0. The third kappa shape index (κ3) is 4.30. The first-order valence-corrected chi connectivity index (χ1v) is 11.4. The summed E-state index contributed by atoms with van der Waals surface area (Å²) in [5.74, 6) is -0.782. The molecule has 2 N–H and O–H groups in total. The summed E-state index contributed by atoms with van der Waals surface area (Å²) in [7, 11) is 5.13. The number of likely N-dealkylation sites (tertiary alicyclic amines) is 1. The monoisotopic (exact) mass is 532 g/mol. The highest BCUT2D eigenvalue weighted by Gasteiger charge is 2.46. The van der Waals surface area contributed by atoms with E-state index in [0.29, 0.717) is 46.9 Å². The van der Waals surface area contributed by atoms with Crippen molar-refractivity contribution in [3.63, 3.8) is 0 Å². The molecule has 2 aromatic rings. The molecule has 1 fully saturated rings. The molecule has 2 heterocycles. The molecule has 2 aliphatic heterocycles. The highest BCUT2D eigenvalue weighted by Crippen LogP contribution is 2.45. The molecule has 34 heavy (non-hydrogen) atoms. The van der Waals surface area contributed by atoms with E-state index in [4.69, 9.17) is 14.2 Å². The Morgan fingerprint density at radius 3 is 2.56 bits per heavy atom. The maximum absolute atomic E-state index is 13.2. The van der Waals surface area contributed by atoms with Crippen molar-refractivity contribution in [1.29, 1.82) is 0 Å². The lowest BCUT2D eigenvalue weighted by Crippen LogP contribution is -2.35. The quantitative estimate of drug-likeness (QED) is 0.332. The van der Waals surface area contributed by atoms with Crippen molar-refractivity contribution in [3.05, 3.63) is 51.5 Å². The molecular formula is C24H25BrN2O7. The Kier molecular flexibility index (Phi) is 6.72. The van der Waals surface area contributed by atoms with Gasteiger partial charge in [-0.05, 0) is 65.9 Å². The average Bonchev–Trinajstić information content (AvgIpc) is 3.08. The van der Waals surface area contributed by atoms with Crippen LogP contribution in [-0.4, -0.2) is 79.2 Å². The second-order valence-corrected chi connectivity index (χ2v) is 9.06. The minimum absolute atomic E-state index is 0.0555. The SMILES string of the molecule is COc1cc([C@@H]2C(=C(O)c3ccc4c(c3)OCCO4)C(=O)C(=O)N2CCN(C)C)cc(Br)c1O. The van der Waals surface area contributed by atoms with Crippen LogP contribution in [0.4, 0.5) is 0 Å². The van der Waals surface area contributed by atoms with Crippen molar-refractivity contribution >= 4 is 33.4 Å². The standard InChI is InChI=1S/C24H25BrN2O7/c1-26(2)6-7-27-20(14-10-15(25)22(29)18(12-14)32-3)19(23(30)24(27)31)21(28)13-4-5-16-17(11-13)34-9-8-33-16/h4-5,10-12,20,28-29H,6-9H2,1-3H3/t20-/m1/s1. The highest BCUT2D eigenvalue weighted by molar-refractivity contribution is 9.10. The summed E-state index contributed by atoms with van der Waals surface area (Å²) >= 11 is 3.30. The number of benzene rings is 2. The Bertz CT molecular complexity index is 1180. The molecule has 0 unspecified atom stereocenters. The normalized spacial score (nSPS) is 19.1. The van der Waals surface area contributed by atoms with Crippen LogP contribution in [0.5, 0.6) is 23.0 Å². The van der Waals surface area contributed by atoms with E-state index in [0.717, 1.165) is 0 Å². The number of aliphatic hydroxyl groups is 1. The zero-order valence-corrected chi connectivity index (χ0v) is 20.6. The fourth-order valence-corrected chi connectivity index (χ4v) is 4.48. The van der Waals surface area contributed by atoms with E-state index in [9.17, 15) is 19.8 Å². The lowest BCUT2D eigenvalue weighted by Gasteiger charge is -2.27. The third-order valence-corrected chi connectivity index (χ3v) is 6.33. The van der Waals surface area contributed by atoms with Gasteiger partial charge in [0.2, 0.25) is 0 Å². The average molecular weight is 533 g/mol. The number of Topliss-reactive ketones (excluding diaryl/α,β-unsaturated/α-hetero) is 1. The molecule has 2 aromatic carbocycles. The smallest absolute Gasteiger partial charge is 0.295 e. The minimum atomic E-state index is -0.890. The Hall–Kier alpha value is -3.24. The van der Waals surface area contributed by atoms with Gasteiger partial charge in [-0.2, -0.15) is 0 Å². The lowest BCUT2D eigenvalue weighted by atomic mass is 9.94. The van der Waals surface area contributed by atoms with Gasteiger partial charge in [0, 0.05) is 18.7 Å². The van der Waals surface area contributed by atoms with Crippen molar-refractivity contribution in [1.82, 2.24) is 9.80 Å². The summed E-state index contributed by atoms with van der Waals surface area (Å²) in [5, 5.41) is 21.5. The van der Waals surface area contributed by atoms with Crippen molar-refractivity contribution in [2.75, 3.05) is 47.5 Å². The number of aromatic hydroxyl groups is 1. The number of ether oxygens (including phenoxy) is 3. The molecule has 0 radical (unpaired) electrons. The number of methoxy groups -OCH3 is 1. The topological polar surface area (TPSA) is 109 Å². The minimum Gasteiger partial charge on any atom is -0.507 e. The maximum atomic E-state index is 13.2. The van der Waals surface area contributed by atoms with Gasteiger partial charge in [0.15, 0.2) is 23.0 Å².